The quantitative estimate of drug-likeness (QED) is 0.691. The standard InChI is InChI=1S/C8H4BrFN2/c9-7-4-11-12-8-3-5(10)1-2-6(7)8/h1-4H. The second-order valence-electron chi connectivity index (χ2n) is 2.35. The van der Waals surface area contributed by atoms with Crippen LogP contribution >= 0.6 is 15.9 Å². The summed E-state index contributed by atoms with van der Waals surface area (Å²) in [6.07, 6.45) is 1.58. The maximum absolute atomic E-state index is 12.7. The second-order valence-corrected chi connectivity index (χ2v) is 3.21. The van der Waals surface area contributed by atoms with Crippen LogP contribution in [0.25, 0.3) is 10.9 Å². The molecule has 1 aromatic heterocycles. The molecule has 1 heterocycles. The molecule has 0 aliphatic rings. The Morgan fingerprint density at radius 2 is 2.17 bits per heavy atom. The predicted octanol–water partition coefficient (Wildman–Crippen LogP) is 2.53. The number of nitrogens with zero attached hydrogens (tertiary/aromatic N) is 2. The van der Waals surface area contributed by atoms with Crippen molar-refractivity contribution in [1.82, 2.24) is 10.2 Å². The number of hydrogen-bond acceptors (Lipinski definition) is 2. The molecule has 0 aliphatic carbocycles. The maximum Gasteiger partial charge on any atom is 0.125 e. The molecule has 0 saturated carbocycles. The van der Waals surface area contributed by atoms with E-state index in [4.69, 9.17) is 0 Å². The number of aromatic nitrogens is 2. The van der Waals surface area contributed by atoms with Gasteiger partial charge in [-0.1, -0.05) is 0 Å². The van der Waals surface area contributed by atoms with Crippen LogP contribution in [-0.4, -0.2) is 10.2 Å². The summed E-state index contributed by atoms with van der Waals surface area (Å²) in [4.78, 5) is 0. The lowest BCUT2D eigenvalue weighted by Crippen LogP contribution is -1.85. The summed E-state index contributed by atoms with van der Waals surface area (Å²) in [5, 5.41) is 8.34. The second kappa shape index (κ2) is 2.79. The summed E-state index contributed by atoms with van der Waals surface area (Å²) in [6.45, 7) is 0. The van der Waals surface area contributed by atoms with Crippen molar-refractivity contribution in [2.24, 2.45) is 0 Å². The molecule has 0 N–H and O–H groups in total. The van der Waals surface area contributed by atoms with Crippen molar-refractivity contribution in [3.05, 3.63) is 34.7 Å². The van der Waals surface area contributed by atoms with E-state index in [1.165, 1.54) is 12.1 Å². The van der Waals surface area contributed by atoms with Crippen molar-refractivity contribution in [2.75, 3.05) is 0 Å². The number of benzene rings is 1. The van der Waals surface area contributed by atoms with Gasteiger partial charge in [-0.15, -0.1) is 0 Å². The van der Waals surface area contributed by atoms with E-state index in [2.05, 4.69) is 26.1 Å². The maximum atomic E-state index is 12.7. The van der Waals surface area contributed by atoms with Crippen molar-refractivity contribution in [1.29, 1.82) is 0 Å². The highest BCUT2D eigenvalue weighted by molar-refractivity contribution is 9.10. The van der Waals surface area contributed by atoms with Gasteiger partial charge in [0.1, 0.15) is 5.82 Å². The summed E-state index contributed by atoms with van der Waals surface area (Å²) in [7, 11) is 0. The minimum Gasteiger partial charge on any atom is -0.207 e. The summed E-state index contributed by atoms with van der Waals surface area (Å²) in [5.74, 6) is -0.296. The highest BCUT2D eigenvalue weighted by Crippen LogP contribution is 2.20. The molecule has 1 aromatic carbocycles. The third kappa shape index (κ3) is 1.18. The van der Waals surface area contributed by atoms with Gasteiger partial charge in [0.2, 0.25) is 0 Å². The van der Waals surface area contributed by atoms with Crippen molar-refractivity contribution in [3.8, 4) is 0 Å². The van der Waals surface area contributed by atoms with Gasteiger partial charge in [-0.05, 0) is 28.1 Å². The smallest absolute Gasteiger partial charge is 0.125 e. The monoisotopic (exact) mass is 226 g/mol. The van der Waals surface area contributed by atoms with Crippen LogP contribution in [0.3, 0.4) is 0 Å². The molecule has 0 fully saturated rings. The van der Waals surface area contributed by atoms with Crippen LogP contribution in [-0.2, 0) is 0 Å². The van der Waals surface area contributed by atoms with Crippen molar-refractivity contribution in [2.45, 2.75) is 0 Å². The Morgan fingerprint density at radius 1 is 1.33 bits per heavy atom. The largest absolute Gasteiger partial charge is 0.207 e. The molecule has 2 aromatic rings. The Bertz CT molecular complexity index is 430. The first-order valence-electron chi connectivity index (χ1n) is 3.34. The molecule has 0 bridgehead atoms. The fourth-order valence-electron chi connectivity index (χ4n) is 1.00. The molecule has 0 unspecified atom stereocenters. The van der Waals surface area contributed by atoms with Crippen LogP contribution in [0.15, 0.2) is 28.9 Å². The zero-order valence-corrected chi connectivity index (χ0v) is 7.55. The first-order chi connectivity index (χ1) is 5.77. The molecule has 0 spiro atoms. The van der Waals surface area contributed by atoms with E-state index in [0.29, 0.717) is 5.52 Å². The summed E-state index contributed by atoms with van der Waals surface area (Å²) in [6, 6.07) is 4.42. The van der Waals surface area contributed by atoms with E-state index in [1.807, 2.05) is 0 Å². The van der Waals surface area contributed by atoms with Crippen molar-refractivity contribution in [3.63, 3.8) is 0 Å². The highest BCUT2D eigenvalue weighted by atomic mass is 79.9. The van der Waals surface area contributed by atoms with Gasteiger partial charge in [0.15, 0.2) is 0 Å². The fraction of sp³-hybridized carbons (Fsp3) is 0. The zero-order chi connectivity index (χ0) is 8.55. The van der Waals surface area contributed by atoms with Crippen LogP contribution in [0.2, 0.25) is 0 Å². The van der Waals surface area contributed by atoms with Crippen LogP contribution in [0, 0.1) is 5.82 Å². The molecule has 12 heavy (non-hydrogen) atoms. The lowest BCUT2D eigenvalue weighted by atomic mass is 10.2. The van der Waals surface area contributed by atoms with Crippen LogP contribution < -0.4 is 0 Å². The van der Waals surface area contributed by atoms with E-state index in [0.717, 1.165) is 9.86 Å². The SMILES string of the molecule is Fc1ccc2c(Br)cnnc2c1. The van der Waals surface area contributed by atoms with Gasteiger partial charge in [0, 0.05) is 15.9 Å². The van der Waals surface area contributed by atoms with Gasteiger partial charge in [0.25, 0.3) is 0 Å². The van der Waals surface area contributed by atoms with E-state index < -0.39 is 0 Å². The van der Waals surface area contributed by atoms with E-state index in [9.17, 15) is 4.39 Å². The Morgan fingerprint density at radius 3 is 3.00 bits per heavy atom. The molecule has 4 heteroatoms. The topological polar surface area (TPSA) is 25.8 Å². The van der Waals surface area contributed by atoms with Gasteiger partial charge in [0.05, 0.1) is 11.7 Å². The van der Waals surface area contributed by atoms with Crippen LogP contribution in [0.4, 0.5) is 4.39 Å². The molecule has 0 amide bonds. The average molecular weight is 227 g/mol. The zero-order valence-electron chi connectivity index (χ0n) is 5.96. The minimum absolute atomic E-state index is 0.296. The molecule has 2 nitrogen and oxygen atoms in total. The van der Waals surface area contributed by atoms with Gasteiger partial charge in [-0.2, -0.15) is 10.2 Å². The lowest BCUT2D eigenvalue weighted by Gasteiger charge is -1.96. The van der Waals surface area contributed by atoms with Gasteiger partial charge < -0.3 is 0 Å². The molecular weight excluding hydrogens is 223 g/mol. The first kappa shape index (κ1) is 7.61. The summed E-state index contributed by atoms with van der Waals surface area (Å²) < 4.78 is 13.5. The van der Waals surface area contributed by atoms with Crippen LogP contribution in [0.1, 0.15) is 0 Å². The average Bonchev–Trinajstić information content (AvgIpc) is 2.04. The molecule has 60 valence electrons. The first-order valence-corrected chi connectivity index (χ1v) is 4.13. The number of rotatable bonds is 0. The number of halogens is 2. The summed E-state index contributed by atoms with van der Waals surface area (Å²) in [5.41, 5.74) is 0.560. The van der Waals surface area contributed by atoms with E-state index >= 15 is 0 Å². The molecule has 2 rings (SSSR count). The Hall–Kier alpha value is -1.03. The normalized spacial score (nSPS) is 10.5. The summed E-state index contributed by atoms with van der Waals surface area (Å²) >= 11 is 3.30. The molecule has 0 saturated heterocycles. The van der Waals surface area contributed by atoms with Crippen molar-refractivity contribution >= 4 is 26.8 Å². The third-order valence-electron chi connectivity index (χ3n) is 1.55. The predicted molar refractivity (Wildman–Crippen MR) is 47.2 cm³/mol. The van der Waals surface area contributed by atoms with Gasteiger partial charge in [-0.25, -0.2) is 4.39 Å². The molecular formula is C8H4BrFN2. The fourth-order valence-corrected chi connectivity index (χ4v) is 1.43. The highest BCUT2D eigenvalue weighted by Gasteiger charge is 2.00. The van der Waals surface area contributed by atoms with E-state index in [-0.39, 0.29) is 5.82 Å². The van der Waals surface area contributed by atoms with Gasteiger partial charge >= 0.3 is 0 Å². The lowest BCUT2D eigenvalue weighted by molar-refractivity contribution is 0.629. The number of fused-ring (bicyclic) bond motifs is 1. The number of hydrogen-bond donors (Lipinski definition) is 0. The minimum atomic E-state index is -0.296. The third-order valence-corrected chi connectivity index (χ3v) is 2.19. The van der Waals surface area contributed by atoms with Crippen molar-refractivity contribution < 1.29 is 4.39 Å². The Kier molecular flexibility index (Phi) is 1.77. The van der Waals surface area contributed by atoms with Gasteiger partial charge in [-0.3, -0.25) is 0 Å². The molecule has 0 aliphatic heterocycles. The molecule has 0 atom stereocenters. The van der Waals surface area contributed by atoms with Crippen LogP contribution in [0.5, 0.6) is 0 Å². The Balaban J connectivity index is 2.86. The Labute approximate surface area is 76.6 Å². The molecule has 0 radical (unpaired) electrons. The van der Waals surface area contributed by atoms with E-state index in [1.54, 1.807) is 12.3 Å².